The van der Waals surface area contributed by atoms with Crippen molar-refractivity contribution >= 4 is 21.6 Å². The Morgan fingerprint density at radius 3 is 3.05 bits per heavy atom. The fraction of sp³-hybridized carbons (Fsp3) is 0.308. The Balaban J connectivity index is 2.05. The van der Waals surface area contributed by atoms with Crippen molar-refractivity contribution < 1.29 is 0 Å². The molecule has 0 aromatic carbocycles. The lowest BCUT2D eigenvalue weighted by Gasteiger charge is -2.06. The third kappa shape index (κ3) is 2.08. The molecule has 0 amide bonds. The maximum Gasteiger partial charge on any atom is 0.271 e. The summed E-state index contributed by atoms with van der Waals surface area (Å²) in [4.78, 5) is 16.6. The predicted molar refractivity (Wildman–Crippen MR) is 75.6 cm³/mol. The number of hydrogen-bond donors (Lipinski definition) is 0. The van der Waals surface area contributed by atoms with Gasteiger partial charge in [-0.25, -0.2) is 4.98 Å². The van der Waals surface area contributed by atoms with E-state index in [1.165, 1.54) is 11.3 Å². The summed E-state index contributed by atoms with van der Waals surface area (Å²) in [7, 11) is 0. The van der Waals surface area contributed by atoms with Crippen LogP contribution in [0.5, 0.6) is 0 Å². The van der Waals surface area contributed by atoms with Gasteiger partial charge < -0.3 is 0 Å². The molecule has 3 heterocycles. The first-order valence-corrected chi connectivity index (χ1v) is 7.03. The minimum Gasteiger partial charge on any atom is -0.292 e. The van der Waals surface area contributed by atoms with Crippen LogP contribution in [0.25, 0.3) is 10.2 Å². The van der Waals surface area contributed by atoms with Gasteiger partial charge in [-0.05, 0) is 31.4 Å². The highest BCUT2D eigenvalue weighted by Gasteiger charge is 2.09. The van der Waals surface area contributed by atoms with Crippen LogP contribution in [-0.4, -0.2) is 19.3 Å². The van der Waals surface area contributed by atoms with Crippen molar-refractivity contribution in [1.82, 2.24) is 19.3 Å². The molecule has 0 spiro atoms. The van der Waals surface area contributed by atoms with Gasteiger partial charge in [-0.1, -0.05) is 0 Å². The van der Waals surface area contributed by atoms with Crippen molar-refractivity contribution in [2.45, 2.75) is 26.9 Å². The van der Waals surface area contributed by atoms with Crippen molar-refractivity contribution in [3.05, 3.63) is 45.6 Å². The Labute approximate surface area is 114 Å². The van der Waals surface area contributed by atoms with Crippen molar-refractivity contribution in [2.75, 3.05) is 0 Å². The van der Waals surface area contributed by atoms with Crippen LogP contribution in [0.15, 0.2) is 28.6 Å². The zero-order valence-electron chi connectivity index (χ0n) is 10.8. The summed E-state index contributed by atoms with van der Waals surface area (Å²) in [6.07, 6.45) is 1.61. The molecule has 0 bridgehead atoms. The fourth-order valence-electron chi connectivity index (χ4n) is 2.17. The molecule has 19 heavy (non-hydrogen) atoms. The molecule has 6 heteroatoms. The Morgan fingerprint density at radius 2 is 2.26 bits per heavy atom. The molecule has 0 unspecified atom stereocenters. The zero-order valence-corrected chi connectivity index (χ0v) is 11.6. The van der Waals surface area contributed by atoms with E-state index in [9.17, 15) is 4.79 Å². The van der Waals surface area contributed by atoms with Crippen LogP contribution in [0.2, 0.25) is 0 Å². The Kier molecular flexibility index (Phi) is 2.94. The summed E-state index contributed by atoms with van der Waals surface area (Å²) in [5, 5.41) is 6.28. The van der Waals surface area contributed by atoms with Gasteiger partial charge in [0, 0.05) is 6.54 Å². The zero-order chi connectivity index (χ0) is 13.4. The second-order valence-corrected chi connectivity index (χ2v) is 5.32. The molecule has 0 saturated heterocycles. The monoisotopic (exact) mass is 274 g/mol. The largest absolute Gasteiger partial charge is 0.292 e. The van der Waals surface area contributed by atoms with Crippen LogP contribution in [0, 0.1) is 6.92 Å². The Morgan fingerprint density at radius 1 is 1.42 bits per heavy atom. The van der Waals surface area contributed by atoms with Gasteiger partial charge in [-0.3, -0.25) is 14.0 Å². The third-order valence-corrected chi connectivity index (χ3v) is 3.94. The molecule has 0 saturated carbocycles. The van der Waals surface area contributed by atoms with Gasteiger partial charge in [0.05, 0.1) is 29.8 Å². The smallest absolute Gasteiger partial charge is 0.271 e. The number of aromatic nitrogens is 4. The average molecular weight is 274 g/mol. The van der Waals surface area contributed by atoms with Crippen LogP contribution in [-0.2, 0) is 13.1 Å². The first-order chi connectivity index (χ1) is 9.19. The highest BCUT2D eigenvalue weighted by Crippen LogP contribution is 2.14. The Hall–Kier alpha value is -1.95. The molecule has 0 N–H and O–H groups in total. The number of nitrogens with zero attached hydrogens (tertiary/aromatic N) is 4. The molecule has 5 nitrogen and oxygen atoms in total. The molecule has 0 aliphatic carbocycles. The van der Waals surface area contributed by atoms with E-state index < -0.39 is 0 Å². The molecule has 3 aromatic rings. The summed E-state index contributed by atoms with van der Waals surface area (Å²) in [5.74, 6) is 0. The summed E-state index contributed by atoms with van der Waals surface area (Å²) in [6.45, 7) is 5.31. The van der Waals surface area contributed by atoms with E-state index in [4.69, 9.17) is 0 Å². The second kappa shape index (κ2) is 4.62. The van der Waals surface area contributed by atoms with Gasteiger partial charge in [-0.2, -0.15) is 5.10 Å². The van der Waals surface area contributed by atoms with Gasteiger partial charge in [0.2, 0.25) is 0 Å². The third-order valence-electron chi connectivity index (χ3n) is 3.05. The first kappa shape index (κ1) is 12.1. The van der Waals surface area contributed by atoms with Crippen molar-refractivity contribution in [3.8, 4) is 0 Å². The summed E-state index contributed by atoms with van der Waals surface area (Å²) in [6, 6.07) is 3.88. The van der Waals surface area contributed by atoms with E-state index >= 15 is 0 Å². The van der Waals surface area contributed by atoms with E-state index in [-0.39, 0.29) is 5.56 Å². The minimum atomic E-state index is 0.0153. The first-order valence-electron chi connectivity index (χ1n) is 6.15. The molecule has 98 valence electrons. The normalized spacial score (nSPS) is 11.3. The van der Waals surface area contributed by atoms with E-state index in [0.717, 1.165) is 23.4 Å². The average Bonchev–Trinajstić information content (AvgIpc) is 2.99. The summed E-state index contributed by atoms with van der Waals surface area (Å²) in [5.41, 5.74) is 2.78. The molecular formula is C13H14N4OS. The van der Waals surface area contributed by atoms with Crippen molar-refractivity contribution in [1.29, 1.82) is 0 Å². The van der Waals surface area contributed by atoms with E-state index in [1.54, 1.807) is 10.9 Å². The maximum atomic E-state index is 12.3. The van der Waals surface area contributed by atoms with Gasteiger partial charge in [0.1, 0.15) is 4.70 Å². The maximum absolute atomic E-state index is 12.3. The summed E-state index contributed by atoms with van der Waals surface area (Å²) < 4.78 is 4.27. The lowest BCUT2D eigenvalue weighted by molar-refractivity contribution is 0.590. The van der Waals surface area contributed by atoms with Gasteiger partial charge >= 0.3 is 0 Å². The van der Waals surface area contributed by atoms with E-state index in [0.29, 0.717) is 11.2 Å². The van der Waals surface area contributed by atoms with Gasteiger partial charge in [0.25, 0.3) is 5.56 Å². The topological polar surface area (TPSA) is 52.7 Å². The van der Waals surface area contributed by atoms with Crippen LogP contribution < -0.4 is 5.56 Å². The highest BCUT2D eigenvalue weighted by atomic mass is 32.1. The van der Waals surface area contributed by atoms with Crippen molar-refractivity contribution in [2.24, 2.45) is 0 Å². The van der Waals surface area contributed by atoms with E-state index in [1.807, 2.05) is 36.0 Å². The molecule has 0 aliphatic rings. The second-order valence-electron chi connectivity index (χ2n) is 4.41. The summed E-state index contributed by atoms with van der Waals surface area (Å²) >= 11 is 1.44. The lowest BCUT2D eigenvalue weighted by Crippen LogP contribution is -2.21. The minimum absolute atomic E-state index is 0.0153. The molecule has 3 rings (SSSR count). The van der Waals surface area contributed by atoms with Crippen molar-refractivity contribution in [3.63, 3.8) is 0 Å². The SMILES string of the molecule is CCn1nc(C)cc1Cn1cnc2ccsc2c1=O. The number of aryl methyl sites for hydroxylation is 2. The van der Waals surface area contributed by atoms with Crippen LogP contribution in [0.4, 0.5) is 0 Å². The molecule has 3 aromatic heterocycles. The number of rotatable bonds is 3. The molecule has 0 radical (unpaired) electrons. The molecule has 0 atom stereocenters. The highest BCUT2D eigenvalue weighted by molar-refractivity contribution is 7.17. The number of thiophene rings is 1. The van der Waals surface area contributed by atoms with Crippen LogP contribution in [0.1, 0.15) is 18.3 Å². The quantitative estimate of drug-likeness (QED) is 0.734. The van der Waals surface area contributed by atoms with Gasteiger partial charge in [-0.15, -0.1) is 11.3 Å². The molecule has 0 aliphatic heterocycles. The van der Waals surface area contributed by atoms with Gasteiger partial charge in [0.15, 0.2) is 0 Å². The molecular weight excluding hydrogens is 260 g/mol. The van der Waals surface area contributed by atoms with Crippen LogP contribution >= 0.6 is 11.3 Å². The number of fused-ring (bicyclic) bond motifs is 1. The lowest BCUT2D eigenvalue weighted by atomic mass is 10.3. The Bertz CT molecular complexity index is 783. The number of hydrogen-bond acceptors (Lipinski definition) is 4. The predicted octanol–water partition coefficient (Wildman–Crippen LogP) is 2.03. The molecule has 0 fully saturated rings. The van der Waals surface area contributed by atoms with Crippen LogP contribution in [0.3, 0.4) is 0 Å². The standard InChI is InChI=1S/C13H14N4OS/c1-3-17-10(6-9(2)15-17)7-16-8-14-11-4-5-19-12(11)13(16)18/h4-6,8H,3,7H2,1-2H3. The fourth-order valence-corrected chi connectivity index (χ4v) is 2.96. The van der Waals surface area contributed by atoms with E-state index in [2.05, 4.69) is 10.1 Å².